The lowest BCUT2D eigenvalue weighted by Gasteiger charge is -2.39. The van der Waals surface area contributed by atoms with E-state index in [4.69, 9.17) is 14.2 Å². The summed E-state index contributed by atoms with van der Waals surface area (Å²) in [6.45, 7) is 4.37. The standard InChI is InChI=1S/C12H23O3Si/c1-5-16(12(2,13-3)14-4)9-6-7-10-11(8-9)15-10/h9-11H,5-8H2,1-4H3. The van der Waals surface area contributed by atoms with Gasteiger partial charge in [0.2, 0.25) is 0 Å². The molecule has 0 aromatic heterocycles. The van der Waals surface area contributed by atoms with E-state index in [2.05, 4.69) is 13.8 Å². The number of epoxide rings is 1. The number of hydrogen-bond donors (Lipinski definition) is 0. The summed E-state index contributed by atoms with van der Waals surface area (Å²) in [5.74, 6) is 0. The number of fused-ring (bicyclic) bond motifs is 1. The highest BCUT2D eigenvalue weighted by atomic mass is 28.3. The summed E-state index contributed by atoms with van der Waals surface area (Å²) in [6, 6.07) is 1.20. The van der Waals surface area contributed by atoms with Crippen LogP contribution in [0.15, 0.2) is 0 Å². The average Bonchev–Trinajstić information content (AvgIpc) is 3.08. The minimum absolute atomic E-state index is 0.341. The molecule has 2 fully saturated rings. The van der Waals surface area contributed by atoms with E-state index >= 15 is 0 Å². The Balaban J connectivity index is 2.02. The molecular formula is C12H23O3Si. The van der Waals surface area contributed by atoms with Gasteiger partial charge in [-0.2, -0.15) is 0 Å². The fraction of sp³-hybridized carbons (Fsp3) is 1.00. The van der Waals surface area contributed by atoms with Crippen LogP contribution in [0.3, 0.4) is 0 Å². The van der Waals surface area contributed by atoms with Crippen molar-refractivity contribution in [2.75, 3.05) is 14.2 Å². The van der Waals surface area contributed by atoms with Gasteiger partial charge in [-0.1, -0.05) is 19.4 Å². The molecule has 1 radical (unpaired) electrons. The first-order valence-corrected chi connectivity index (χ1v) is 8.05. The zero-order valence-electron chi connectivity index (χ0n) is 10.8. The second-order valence-corrected chi connectivity index (χ2v) is 8.44. The highest BCUT2D eigenvalue weighted by Gasteiger charge is 2.49. The highest BCUT2D eigenvalue weighted by molar-refractivity contribution is 6.63. The maximum atomic E-state index is 5.62. The summed E-state index contributed by atoms with van der Waals surface area (Å²) in [5.41, 5.74) is 0.440. The van der Waals surface area contributed by atoms with Gasteiger partial charge in [0, 0.05) is 14.2 Å². The lowest BCUT2D eigenvalue weighted by Crippen LogP contribution is -2.49. The zero-order chi connectivity index (χ0) is 11.8. The summed E-state index contributed by atoms with van der Waals surface area (Å²) in [7, 11) is 2.88. The Bertz CT molecular complexity index is 242. The molecule has 2 aliphatic rings. The molecule has 1 heterocycles. The van der Waals surface area contributed by atoms with Crippen molar-refractivity contribution in [3.8, 4) is 0 Å². The third-order valence-electron chi connectivity index (χ3n) is 4.24. The van der Waals surface area contributed by atoms with Crippen molar-refractivity contribution in [1.82, 2.24) is 0 Å². The topological polar surface area (TPSA) is 31.0 Å². The van der Waals surface area contributed by atoms with Crippen LogP contribution in [0.5, 0.6) is 0 Å². The second-order valence-electron chi connectivity index (χ2n) is 4.96. The van der Waals surface area contributed by atoms with Crippen molar-refractivity contribution in [3.05, 3.63) is 0 Å². The van der Waals surface area contributed by atoms with Gasteiger partial charge < -0.3 is 14.2 Å². The Labute approximate surface area is 100 Å². The normalized spacial score (nSPS) is 33.9. The number of rotatable bonds is 5. The minimum atomic E-state index is -0.654. The predicted octanol–water partition coefficient (Wildman–Crippen LogP) is 2.37. The monoisotopic (exact) mass is 243 g/mol. The molecule has 0 aromatic rings. The number of hydrogen-bond acceptors (Lipinski definition) is 3. The van der Waals surface area contributed by atoms with Crippen LogP contribution in [0.25, 0.3) is 0 Å². The smallest absolute Gasteiger partial charge is 0.146 e. The molecule has 3 nitrogen and oxygen atoms in total. The van der Waals surface area contributed by atoms with E-state index in [0.717, 1.165) is 5.54 Å². The van der Waals surface area contributed by atoms with Crippen molar-refractivity contribution >= 4 is 8.80 Å². The van der Waals surface area contributed by atoms with Crippen LogP contribution in [0.1, 0.15) is 33.1 Å². The van der Waals surface area contributed by atoms with Crippen molar-refractivity contribution in [2.24, 2.45) is 0 Å². The summed E-state index contributed by atoms with van der Waals surface area (Å²) >= 11 is 0. The maximum Gasteiger partial charge on any atom is 0.146 e. The van der Waals surface area contributed by atoms with Gasteiger partial charge >= 0.3 is 0 Å². The molecule has 4 heteroatoms. The Morgan fingerprint density at radius 1 is 1.25 bits per heavy atom. The van der Waals surface area contributed by atoms with Crippen LogP contribution in [0, 0.1) is 0 Å². The van der Waals surface area contributed by atoms with E-state index in [9.17, 15) is 0 Å². The molecule has 0 amide bonds. The summed E-state index contributed by atoms with van der Waals surface area (Å²) in [5, 5.41) is 0. The fourth-order valence-corrected chi connectivity index (χ4v) is 6.56. The Morgan fingerprint density at radius 3 is 2.44 bits per heavy atom. The van der Waals surface area contributed by atoms with Crippen molar-refractivity contribution in [2.45, 2.75) is 62.3 Å². The molecular weight excluding hydrogens is 220 g/mol. The van der Waals surface area contributed by atoms with Gasteiger partial charge in [0.05, 0.1) is 12.2 Å². The second kappa shape index (κ2) is 4.76. The van der Waals surface area contributed by atoms with Crippen molar-refractivity contribution in [1.29, 1.82) is 0 Å². The number of methoxy groups -OCH3 is 2. The van der Waals surface area contributed by atoms with Crippen LogP contribution < -0.4 is 0 Å². The van der Waals surface area contributed by atoms with Gasteiger partial charge in [-0.25, -0.2) is 0 Å². The van der Waals surface area contributed by atoms with Crippen molar-refractivity contribution in [3.63, 3.8) is 0 Å². The first kappa shape index (κ1) is 12.6. The quantitative estimate of drug-likeness (QED) is 0.422. The van der Waals surface area contributed by atoms with Gasteiger partial charge in [0.25, 0.3) is 0 Å². The highest BCUT2D eigenvalue weighted by Crippen LogP contribution is 2.46. The molecule has 93 valence electrons. The zero-order valence-corrected chi connectivity index (χ0v) is 11.8. The lowest BCUT2D eigenvalue weighted by atomic mass is 10.0. The molecule has 0 aromatic carbocycles. The van der Waals surface area contributed by atoms with Crippen LogP contribution in [-0.2, 0) is 14.2 Å². The van der Waals surface area contributed by atoms with Gasteiger partial charge in [0.15, 0.2) is 0 Å². The summed E-state index contributed by atoms with van der Waals surface area (Å²) < 4.78 is 16.9. The van der Waals surface area contributed by atoms with Gasteiger partial charge in [-0.3, -0.25) is 0 Å². The van der Waals surface area contributed by atoms with Crippen molar-refractivity contribution < 1.29 is 14.2 Å². The minimum Gasteiger partial charge on any atom is -0.370 e. The molecule has 1 saturated heterocycles. The summed E-state index contributed by atoms with van der Waals surface area (Å²) in [6.07, 6.45) is 4.92. The molecule has 3 atom stereocenters. The van der Waals surface area contributed by atoms with E-state index in [1.54, 1.807) is 14.2 Å². The Hall–Kier alpha value is 0.0969. The van der Waals surface area contributed by atoms with Gasteiger partial charge in [-0.05, 0) is 25.3 Å². The first-order valence-electron chi connectivity index (χ1n) is 6.26. The first-order chi connectivity index (χ1) is 7.64. The SMILES string of the molecule is CC[Si](C1CCC2OC2C1)C(C)(OC)OC. The van der Waals surface area contributed by atoms with E-state index in [1.807, 2.05) is 0 Å². The molecule has 0 N–H and O–H groups in total. The Morgan fingerprint density at radius 2 is 1.94 bits per heavy atom. The predicted molar refractivity (Wildman–Crippen MR) is 64.9 cm³/mol. The van der Waals surface area contributed by atoms with E-state index < -0.39 is 8.80 Å². The summed E-state index contributed by atoms with van der Waals surface area (Å²) in [4.78, 5) is 0. The van der Waals surface area contributed by atoms with Crippen LogP contribution in [-0.4, -0.2) is 40.6 Å². The molecule has 2 rings (SSSR count). The molecule has 3 unspecified atom stereocenters. The molecule has 0 bridgehead atoms. The van der Waals surface area contributed by atoms with E-state index in [0.29, 0.717) is 12.2 Å². The maximum absolute atomic E-state index is 5.62. The third-order valence-corrected chi connectivity index (χ3v) is 8.09. The van der Waals surface area contributed by atoms with Crippen LogP contribution >= 0.6 is 0 Å². The van der Waals surface area contributed by atoms with E-state index in [1.165, 1.54) is 25.3 Å². The van der Waals surface area contributed by atoms with E-state index in [-0.39, 0.29) is 5.41 Å². The Kier molecular flexibility index (Phi) is 3.74. The van der Waals surface area contributed by atoms with Gasteiger partial charge in [-0.15, -0.1) is 0 Å². The molecule has 0 spiro atoms. The molecule has 1 aliphatic carbocycles. The largest absolute Gasteiger partial charge is 0.370 e. The third kappa shape index (κ3) is 2.21. The number of ether oxygens (including phenoxy) is 3. The van der Waals surface area contributed by atoms with Crippen LogP contribution in [0.2, 0.25) is 11.6 Å². The molecule has 16 heavy (non-hydrogen) atoms. The van der Waals surface area contributed by atoms with Gasteiger partial charge in [0.1, 0.15) is 14.2 Å². The van der Waals surface area contributed by atoms with Crippen LogP contribution in [0.4, 0.5) is 0 Å². The fourth-order valence-electron chi connectivity index (χ4n) is 3.05. The molecule has 1 aliphatic heterocycles. The lowest BCUT2D eigenvalue weighted by molar-refractivity contribution is -0.135. The molecule has 1 saturated carbocycles. The average molecular weight is 243 g/mol.